The molecule has 4 rings (SSSR count). The second-order valence-corrected chi connectivity index (χ2v) is 7.31. The van der Waals surface area contributed by atoms with E-state index in [2.05, 4.69) is 30.0 Å². The number of rotatable bonds is 4. The molecule has 25 heavy (non-hydrogen) atoms. The standard InChI is InChI=1S/C23H26FN/c1-2-17-5-6-18-7-8-20(16-25-13-3-4-14-25)23(22(18)15-17)19-9-11-21(24)12-10-19/h5-6,9-12,15H,2-4,7-8,13-14,16H2,1H3. The summed E-state index contributed by atoms with van der Waals surface area (Å²) in [6.07, 6.45) is 5.91. The van der Waals surface area contributed by atoms with Gasteiger partial charge in [-0.2, -0.15) is 0 Å². The van der Waals surface area contributed by atoms with E-state index in [1.165, 1.54) is 53.8 Å². The van der Waals surface area contributed by atoms with Crippen molar-refractivity contribution >= 4 is 5.57 Å². The van der Waals surface area contributed by atoms with E-state index in [9.17, 15) is 4.39 Å². The van der Waals surface area contributed by atoms with Crippen LogP contribution < -0.4 is 0 Å². The maximum Gasteiger partial charge on any atom is 0.123 e. The van der Waals surface area contributed by atoms with Crippen molar-refractivity contribution in [1.29, 1.82) is 0 Å². The molecule has 2 heteroatoms. The summed E-state index contributed by atoms with van der Waals surface area (Å²) in [7, 11) is 0. The number of fused-ring (bicyclic) bond motifs is 1. The Morgan fingerprint density at radius 2 is 1.72 bits per heavy atom. The maximum absolute atomic E-state index is 13.5. The normalized spacial score (nSPS) is 17.8. The number of hydrogen-bond acceptors (Lipinski definition) is 1. The van der Waals surface area contributed by atoms with Crippen molar-refractivity contribution in [2.24, 2.45) is 0 Å². The number of hydrogen-bond donors (Lipinski definition) is 0. The van der Waals surface area contributed by atoms with Gasteiger partial charge >= 0.3 is 0 Å². The molecule has 0 N–H and O–H groups in total. The number of benzene rings is 2. The Morgan fingerprint density at radius 1 is 0.960 bits per heavy atom. The molecule has 1 heterocycles. The van der Waals surface area contributed by atoms with Gasteiger partial charge in [0.05, 0.1) is 0 Å². The topological polar surface area (TPSA) is 3.24 Å². The monoisotopic (exact) mass is 335 g/mol. The molecule has 1 nitrogen and oxygen atoms in total. The van der Waals surface area contributed by atoms with Gasteiger partial charge in [-0.05, 0) is 90.7 Å². The smallest absolute Gasteiger partial charge is 0.123 e. The summed E-state index contributed by atoms with van der Waals surface area (Å²) >= 11 is 0. The highest BCUT2D eigenvalue weighted by Gasteiger charge is 2.23. The van der Waals surface area contributed by atoms with Gasteiger partial charge in [0.1, 0.15) is 5.82 Å². The first-order valence-electron chi connectivity index (χ1n) is 9.57. The largest absolute Gasteiger partial charge is 0.299 e. The first-order valence-corrected chi connectivity index (χ1v) is 9.57. The minimum atomic E-state index is -0.163. The van der Waals surface area contributed by atoms with Gasteiger partial charge in [-0.15, -0.1) is 0 Å². The molecule has 2 aromatic carbocycles. The quantitative estimate of drug-likeness (QED) is 0.739. The highest BCUT2D eigenvalue weighted by molar-refractivity contribution is 5.85. The lowest BCUT2D eigenvalue weighted by atomic mass is 9.81. The molecule has 0 spiro atoms. The molecule has 130 valence electrons. The lowest BCUT2D eigenvalue weighted by Gasteiger charge is -2.27. The summed E-state index contributed by atoms with van der Waals surface area (Å²) < 4.78 is 13.5. The van der Waals surface area contributed by atoms with Crippen LogP contribution >= 0.6 is 0 Å². The van der Waals surface area contributed by atoms with Crippen molar-refractivity contribution in [3.63, 3.8) is 0 Å². The van der Waals surface area contributed by atoms with E-state index >= 15 is 0 Å². The molecule has 0 bridgehead atoms. The Hall–Kier alpha value is -1.93. The predicted octanol–water partition coefficient (Wildman–Crippen LogP) is 5.23. The molecular formula is C23H26FN. The lowest BCUT2D eigenvalue weighted by molar-refractivity contribution is 0.364. The van der Waals surface area contributed by atoms with Gasteiger partial charge in [0.15, 0.2) is 0 Å². The SMILES string of the molecule is CCc1ccc2c(c1)C(c1ccc(F)cc1)=C(CN1CCCC1)CC2. The van der Waals surface area contributed by atoms with Crippen molar-refractivity contribution in [2.75, 3.05) is 19.6 Å². The van der Waals surface area contributed by atoms with Crippen molar-refractivity contribution in [3.8, 4) is 0 Å². The van der Waals surface area contributed by atoms with Crippen molar-refractivity contribution in [1.82, 2.24) is 4.90 Å². The Labute approximate surface area is 150 Å². The van der Waals surface area contributed by atoms with Gasteiger partial charge in [-0.25, -0.2) is 4.39 Å². The van der Waals surface area contributed by atoms with E-state index in [0.29, 0.717) is 0 Å². The van der Waals surface area contributed by atoms with Crippen LogP contribution in [0.15, 0.2) is 48.0 Å². The highest BCUT2D eigenvalue weighted by Crippen LogP contribution is 2.37. The highest BCUT2D eigenvalue weighted by atomic mass is 19.1. The van der Waals surface area contributed by atoms with Crippen LogP contribution in [0.25, 0.3) is 5.57 Å². The van der Waals surface area contributed by atoms with Crippen LogP contribution in [0.1, 0.15) is 48.4 Å². The summed E-state index contributed by atoms with van der Waals surface area (Å²) in [5.74, 6) is -0.163. The molecule has 0 saturated carbocycles. The number of aryl methyl sites for hydroxylation is 2. The molecule has 0 aromatic heterocycles. The minimum absolute atomic E-state index is 0.163. The van der Waals surface area contributed by atoms with Crippen molar-refractivity contribution < 1.29 is 4.39 Å². The van der Waals surface area contributed by atoms with E-state index in [-0.39, 0.29) is 5.82 Å². The van der Waals surface area contributed by atoms with Gasteiger partial charge in [0.25, 0.3) is 0 Å². The fourth-order valence-electron chi connectivity index (χ4n) is 4.24. The third kappa shape index (κ3) is 3.41. The van der Waals surface area contributed by atoms with Crippen molar-refractivity contribution in [3.05, 3.63) is 76.1 Å². The zero-order chi connectivity index (χ0) is 17.2. The van der Waals surface area contributed by atoms with E-state index in [1.54, 1.807) is 12.1 Å². The van der Waals surface area contributed by atoms with Gasteiger partial charge in [0, 0.05) is 6.54 Å². The summed E-state index contributed by atoms with van der Waals surface area (Å²) in [5, 5.41) is 0. The van der Waals surface area contributed by atoms with Crippen LogP contribution in [-0.4, -0.2) is 24.5 Å². The van der Waals surface area contributed by atoms with Crippen LogP contribution in [0.5, 0.6) is 0 Å². The van der Waals surface area contributed by atoms with Crippen LogP contribution in [0.4, 0.5) is 4.39 Å². The van der Waals surface area contributed by atoms with E-state index in [4.69, 9.17) is 0 Å². The average molecular weight is 335 g/mol. The molecule has 1 fully saturated rings. The fourth-order valence-corrected chi connectivity index (χ4v) is 4.24. The Balaban J connectivity index is 1.82. The molecule has 2 aliphatic rings. The van der Waals surface area contributed by atoms with Crippen LogP contribution in [0.3, 0.4) is 0 Å². The molecule has 0 radical (unpaired) electrons. The molecule has 0 unspecified atom stereocenters. The number of likely N-dealkylation sites (tertiary alicyclic amines) is 1. The second kappa shape index (κ2) is 7.13. The lowest BCUT2D eigenvalue weighted by Crippen LogP contribution is -2.24. The molecule has 1 aliphatic heterocycles. The Bertz CT molecular complexity index is 782. The first-order chi connectivity index (χ1) is 12.2. The average Bonchev–Trinajstić information content (AvgIpc) is 3.15. The predicted molar refractivity (Wildman–Crippen MR) is 102 cm³/mol. The van der Waals surface area contributed by atoms with E-state index < -0.39 is 0 Å². The van der Waals surface area contributed by atoms with E-state index in [0.717, 1.165) is 31.4 Å². The number of nitrogens with zero attached hydrogens (tertiary/aromatic N) is 1. The zero-order valence-electron chi connectivity index (χ0n) is 15.0. The number of halogens is 1. The summed E-state index contributed by atoms with van der Waals surface area (Å²) in [4.78, 5) is 2.58. The summed E-state index contributed by atoms with van der Waals surface area (Å²) in [6.45, 7) is 5.68. The molecule has 1 aliphatic carbocycles. The molecule has 2 aromatic rings. The first kappa shape index (κ1) is 16.5. The van der Waals surface area contributed by atoms with Crippen molar-refractivity contribution in [2.45, 2.75) is 39.0 Å². The third-order valence-corrected chi connectivity index (χ3v) is 5.65. The third-order valence-electron chi connectivity index (χ3n) is 5.65. The van der Waals surface area contributed by atoms with Crippen LogP contribution in [-0.2, 0) is 12.8 Å². The fraction of sp³-hybridized carbons (Fsp3) is 0.391. The van der Waals surface area contributed by atoms with E-state index in [1.807, 2.05) is 12.1 Å². The Kier molecular flexibility index (Phi) is 4.72. The molecule has 1 saturated heterocycles. The van der Waals surface area contributed by atoms with Crippen LogP contribution in [0, 0.1) is 5.82 Å². The Morgan fingerprint density at radius 3 is 2.44 bits per heavy atom. The molecule has 0 amide bonds. The summed E-state index contributed by atoms with van der Waals surface area (Å²) in [5.41, 5.74) is 8.20. The maximum atomic E-state index is 13.5. The minimum Gasteiger partial charge on any atom is -0.299 e. The molecule has 0 atom stereocenters. The van der Waals surface area contributed by atoms with Crippen LogP contribution in [0.2, 0.25) is 0 Å². The molecular weight excluding hydrogens is 309 g/mol. The van der Waals surface area contributed by atoms with Gasteiger partial charge < -0.3 is 0 Å². The zero-order valence-corrected chi connectivity index (χ0v) is 15.0. The van der Waals surface area contributed by atoms with Gasteiger partial charge in [0.2, 0.25) is 0 Å². The van der Waals surface area contributed by atoms with Gasteiger partial charge in [-0.1, -0.05) is 37.3 Å². The van der Waals surface area contributed by atoms with Gasteiger partial charge in [-0.3, -0.25) is 4.90 Å². The second-order valence-electron chi connectivity index (χ2n) is 7.31. The summed E-state index contributed by atoms with van der Waals surface area (Å²) in [6, 6.07) is 14.0.